The van der Waals surface area contributed by atoms with E-state index in [0.29, 0.717) is 5.56 Å². The fourth-order valence-corrected chi connectivity index (χ4v) is 2.58. The zero-order valence-electron chi connectivity index (χ0n) is 9.33. The SMILES string of the molecule is NNC(c1cccc(Br)c1)c1cc(Br)ccc1F. The number of hydrogen-bond acceptors (Lipinski definition) is 2. The first-order valence-corrected chi connectivity index (χ1v) is 6.87. The first-order chi connectivity index (χ1) is 8.61. The Balaban J connectivity index is 2.48. The van der Waals surface area contributed by atoms with Crippen molar-refractivity contribution < 1.29 is 4.39 Å². The van der Waals surface area contributed by atoms with Gasteiger partial charge in [-0.15, -0.1) is 0 Å². The maximum absolute atomic E-state index is 13.9. The fourth-order valence-electron chi connectivity index (χ4n) is 1.79. The second-order valence-corrected chi connectivity index (χ2v) is 5.65. The summed E-state index contributed by atoms with van der Waals surface area (Å²) in [4.78, 5) is 0. The van der Waals surface area contributed by atoms with E-state index < -0.39 is 0 Å². The highest BCUT2D eigenvalue weighted by Crippen LogP contribution is 2.28. The molecule has 2 rings (SSSR count). The van der Waals surface area contributed by atoms with Crippen LogP contribution in [0.1, 0.15) is 17.2 Å². The molecule has 0 saturated heterocycles. The second-order valence-electron chi connectivity index (χ2n) is 3.82. The molecule has 0 aliphatic rings. The third-order valence-corrected chi connectivity index (χ3v) is 3.60. The summed E-state index contributed by atoms with van der Waals surface area (Å²) in [7, 11) is 0. The van der Waals surface area contributed by atoms with E-state index in [-0.39, 0.29) is 11.9 Å². The summed E-state index contributed by atoms with van der Waals surface area (Å²) in [5.41, 5.74) is 4.05. The Morgan fingerprint density at radius 2 is 1.78 bits per heavy atom. The lowest BCUT2D eigenvalue weighted by Crippen LogP contribution is -2.29. The summed E-state index contributed by atoms with van der Waals surface area (Å²) in [6.07, 6.45) is 0. The largest absolute Gasteiger partial charge is 0.271 e. The summed E-state index contributed by atoms with van der Waals surface area (Å²) in [6.45, 7) is 0. The van der Waals surface area contributed by atoms with Crippen LogP contribution in [0.3, 0.4) is 0 Å². The minimum atomic E-state index is -0.389. The Kier molecular flexibility index (Phi) is 4.50. The fraction of sp³-hybridized carbons (Fsp3) is 0.0769. The number of rotatable bonds is 3. The molecule has 3 N–H and O–H groups in total. The lowest BCUT2D eigenvalue weighted by atomic mass is 9.99. The van der Waals surface area contributed by atoms with Crippen molar-refractivity contribution in [2.45, 2.75) is 6.04 Å². The molecule has 0 bridgehead atoms. The van der Waals surface area contributed by atoms with Gasteiger partial charge < -0.3 is 0 Å². The summed E-state index contributed by atoms with van der Waals surface area (Å²) in [6, 6.07) is 12.0. The van der Waals surface area contributed by atoms with E-state index in [0.717, 1.165) is 14.5 Å². The molecule has 0 aromatic heterocycles. The van der Waals surface area contributed by atoms with Crippen LogP contribution in [-0.4, -0.2) is 0 Å². The molecule has 2 aromatic carbocycles. The zero-order valence-corrected chi connectivity index (χ0v) is 12.5. The zero-order chi connectivity index (χ0) is 13.1. The molecule has 0 amide bonds. The number of nitrogens with two attached hydrogens (primary N) is 1. The third-order valence-electron chi connectivity index (χ3n) is 2.62. The van der Waals surface area contributed by atoms with Crippen molar-refractivity contribution in [3.63, 3.8) is 0 Å². The van der Waals surface area contributed by atoms with Crippen LogP contribution in [0.5, 0.6) is 0 Å². The van der Waals surface area contributed by atoms with Crippen LogP contribution >= 0.6 is 31.9 Å². The number of hydrazine groups is 1. The van der Waals surface area contributed by atoms with Gasteiger partial charge in [-0.2, -0.15) is 0 Å². The normalized spacial score (nSPS) is 12.4. The van der Waals surface area contributed by atoms with Crippen LogP contribution in [-0.2, 0) is 0 Å². The molecule has 2 aromatic rings. The number of halogens is 3. The maximum Gasteiger partial charge on any atom is 0.128 e. The molecule has 2 nitrogen and oxygen atoms in total. The van der Waals surface area contributed by atoms with E-state index in [1.165, 1.54) is 6.07 Å². The van der Waals surface area contributed by atoms with Gasteiger partial charge in [0.05, 0.1) is 6.04 Å². The summed E-state index contributed by atoms with van der Waals surface area (Å²) < 4.78 is 15.6. The van der Waals surface area contributed by atoms with Gasteiger partial charge in [-0.25, -0.2) is 9.82 Å². The molecular formula is C13H11Br2FN2. The molecule has 0 aliphatic heterocycles. The molecular weight excluding hydrogens is 363 g/mol. The van der Waals surface area contributed by atoms with Gasteiger partial charge in [0.1, 0.15) is 5.82 Å². The van der Waals surface area contributed by atoms with E-state index in [1.807, 2.05) is 24.3 Å². The molecule has 94 valence electrons. The predicted molar refractivity (Wildman–Crippen MR) is 77.4 cm³/mol. The van der Waals surface area contributed by atoms with Gasteiger partial charge in [-0.05, 0) is 35.9 Å². The van der Waals surface area contributed by atoms with Gasteiger partial charge >= 0.3 is 0 Å². The molecule has 18 heavy (non-hydrogen) atoms. The number of hydrogen-bond donors (Lipinski definition) is 2. The van der Waals surface area contributed by atoms with Crippen LogP contribution in [0.15, 0.2) is 51.4 Å². The number of nitrogens with one attached hydrogen (secondary N) is 1. The van der Waals surface area contributed by atoms with Crippen molar-refractivity contribution in [1.29, 1.82) is 0 Å². The van der Waals surface area contributed by atoms with Crippen molar-refractivity contribution in [3.8, 4) is 0 Å². The molecule has 0 heterocycles. The Hall–Kier alpha value is -0.750. The Labute approximate surface area is 122 Å². The van der Waals surface area contributed by atoms with Crippen LogP contribution in [0, 0.1) is 5.82 Å². The smallest absolute Gasteiger partial charge is 0.128 e. The highest BCUT2D eigenvalue weighted by Gasteiger charge is 2.17. The van der Waals surface area contributed by atoms with Crippen molar-refractivity contribution in [2.24, 2.45) is 5.84 Å². The Morgan fingerprint density at radius 1 is 1.06 bits per heavy atom. The van der Waals surface area contributed by atoms with E-state index in [4.69, 9.17) is 5.84 Å². The lowest BCUT2D eigenvalue weighted by molar-refractivity contribution is 0.559. The molecule has 1 unspecified atom stereocenters. The first-order valence-electron chi connectivity index (χ1n) is 5.28. The van der Waals surface area contributed by atoms with Gasteiger partial charge in [0, 0.05) is 14.5 Å². The average Bonchev–Trinajstić information content (AvgIpc) is 2.35. The highest BCUT2D eigenvalue weighted by molar-refractivity contribution is 9.10. The van der Waals surface area contributed by atoms with Crippen LogP contribution < -0.4 is 11.3 Å². The number of benzene rings is 2. The van der Waals surface area contributed by atoms with E-state index in [9.17, 15) is 4.39 Å². The standard InChI is InChI=1S/C13H11Br2FN2/c14-9-3-1-2-8(6-9)13(18-17)11-7-10(15)4-5-12(11)16/h1-7,13,18H,17H2. The lowest BCUT2D eigenvalue weighted by Gasteiger charge is -2.18. The Morgan fingerprint density at radius 3 is 2.44 bits per heavy atom. The quantitative estimate of drug-likeness (QED) is 0.632. The first kappa shape index (κ1) is 13.7. The van der Waals surface area contributed by atoms with E-state index in [1.54, 1.807) is 12.1 Å². The van der Waals surface area contributed by atoms with Crippen LogP contribution in [0.2, 0.25) is 0 Å². The van der Waals surface area contributed by atoms with Gasteiger partial charge in [0.25, 0.3) is 0 Å². The summed E-state index contributed by atoms with van der Waals surface area (Å²) in [5.74, 6) is 5.27. The maximum atomic E-state index is 13.9. The molecule has 0 spiro atoms. The van der Waals surface area contributed by atoms with Gasteiger partial charge in [-0.1, -0.05) is 44.0 Å². The van der Waals surface area contributed by atoms with Gasteiger partial charge in [-0.3, -0.25) is 5.84 Å². The van der Waals surface area contributed by atoms with E-state index in [2.05, 4.69) is 37.3 Å². The van der Waals surface area contributed by atoms with Crippen molar-refractivity contribution in [1.82, 2.24) is 5.43 Å². The molecule has 0 fully saturated rings. The van der Waals surface area contributed by atoms with Crippen LogP contribution in [0.4, 0.5) is 4.39 Å². The monoisotopic (exact) mass is 372 g/mol. The molecule has 0 radical (unpaired) electrons. The minimum Gasteiger partial charge on any atom is -0.271 e. The molecule has 1 atom stereocenters. The average molecular weight is 374 g/mol. The summed E-state index contributed by atoms with van der Waals surface area (Å²) >= 11 is 6.73. The van der Waals surface area contributed by atoms with Gasteiger partial charge in [0.15, 0.2) is 0 Å². The predicted octanol–water partition coefficient (Wildman–Crippen LogP) is 3.90. The molecule has 0 aliphatic carbocycles. The van der Waals surface area contributed by atoms with Crippen LogP contribution in [0.25, 0.3) is 0 Å². The van der Waals surface area contributed by atoms with E-state index >= 15 is 0 Å². The Bertz CT molecular complexity index is 560. The topological polar surface area (TPSA) is 38.0 Å². The van der Waals surface area contributed by atoms with Crippen molar-refractivity contribution >= 4 is 31.9 Å². The minimum absolute atomic E-state index is 0.291. The second kappa shape index (κ2) is 5.93. The van der Waals surface area contributed by atoms with Crippen molar-refractivity contribution in [2.75, 3.05) is 0 Å². The van der Waals surface area contributed by atoms with Crippen molar-refractivity contribution in [3.05, 3.63) is 68.4 Å². The molecule has 0 saturated carbocycles. The van der Waals surface area contributed by atoms with Gasteiger partial charge in [0.2, 0.25) is 0 Å². The third kappa shape index (κ3) is 2.98. The highest BCUT2D eigenvalue weighted by atomic mass is 79.9. The molecule has 5 heteroatoms. The summed E-state index contributed by atoms with van der Waals surface area (Å²) in [5, 5.41) is 0.